The maximum atomic E-state index is 11.6. The van der Waals surface area contributed by atoms with Gasteiger partial charge in [-0.1, -0.05) is 0 Å². The number of aliphatic hydroxyl groups is 3. The van der Waals surface area contributed by atoms with Crippen molar-refractivity contribution in [3.8, 4) is 5.75 Å². The van der Waals surface area contributed by atoms with Crippen LogP contribution in [-0.4, -0.2) is 91.4 Å². The van der Waals surface area contributed by atoms with Crippen LogP contribution in [0.25, 0.3) is 10.2 Å². The summed E-state index contributed by atoms with van der Waals surface area (Å²) in [5.74, 6) is -0.701. The Bertz CT molecular complexity index is 1060. The van der Waals surface area contributed by atoms with E-state index in [-0.39, 0.29) is 0 Å². The quantitative estimate of drug-likeness (QED) is 0.363. The van der Waals surface area contributed by atoms with Crippen molar-refractivity contribution in [3.05, 3.63) is 23.2 Å². The fraction of sp³-hybridized carbons (Fsp3) is 0.474. The highest BCUT2D eigenvalue weighted by Crippen LogP contribution is 2.33. The Morgan fingerprint density at radius 2 is 2.09 bits per heavy atom. The molecular weight excluding hydrogens is 462 g/mol. The number of ether oxygens (including phenoxy) is 2. The number of thioether (sulfide) groups is 1. The highest BCUT2D eigenvalue weighted by molar-refractivity contribution is 8.15. The van der Waals surface area contributed by atoms with E-state index in [0.717, 1.165) is 4.70 Å². The van der Waals surface area contributed by atoms with Crippen molar-refractivity contribution in [2.45, 2.75) is 43.6 Å². The molecule has 0 saturated carbocycles. The summed E-state index contributed by atoms with van der Waals surface area (Å²) < 4.78 is 12.2. The van der Waals surface area contributed by atoms with Gasteiger partial charge in [-0.2, -0.15) is 0 Å². The molecule has 6 atom stereocenters. The highest BCUT2D eigenvalue weighted by Gasteiger charge is 2.46. The van der Waals surface area contributed by atoms with Crippen LogP contribution in [0.2, 0.25) is 0 Å². The molecule has 1 aromatic carbocycles. The number of hydrogen-bond acceptors (Lipinski definition) is 11. The van der Waals surface area contributed by atoms with Crippen molar-refractivity contribution >= 4 is 50.2 Å². The van der Waals surface area contributed by atoms with Gasteiger partial charge in [0.05, 0.1) is 16.8 Å². The van der Waals surface area contributed by atoms with Crippen molar-refractivity contribution in [2.24, 2.45) is 4.99 Å². The van der Waals surface area contributed by atoms with Crippen LogP contribution in [0.4, 0.5) is 0 Å². The molecule has 1 fully saturated rings. The lowest BCUT2D eigenvalue weighted by Crippen LogP contribution is -2.65. The lowest BCUT2D eigenvalue weighted by atomic mass is 9.97. The monoisotopic (exact) mass is 483 g/mol. The molecular formula is C19H21N3O8S2. The number of aliphatic imine (C=N–C) groups is 1. The standard InChI is InChI=1S/C19H21N3O8S2/c1-7(24)20-13-15(26)14(25)11(5-23)30-19(13)29-8-2-3-9-12(4-8)32-17(21-9)16-22-10(6-31-16)18(27)28/h2-4,10-11,13-15,19,23,25-26H,5-6H2,1H3,(H,20,24)(H,27,28)/t10-,11-,13-,14+,15-,19-/m1/s1. The maximum Gasteiger partial charge on any atom is 0.329 e. The molecule has 13 heteroatoms. The first kappa shape index (κ1) is 22.9. The fourth-order valence-electron chi connectivity index (χ4n) is 3.39. The molecule has 2 aliphatic heterocycles. The first-order valence-electron chi connectivity index (χ1n) is 9.67. The van der Waals surface area contributed by atoms with Crippen LogP contribution >= 0.6 is 23.1 Å². The molecule has 4 rings (SSSR count). The van der Waals surface area contributed by atoms with Crippen LogP contribution in [0.15, 0.2) is 23.2 Å². The zero-order valence-corrected chi connectivity index (χ0v) is 18.4. The average molecular weight is 484 g/mol. The number of thiazole rings is 1. The number of fused-ring (bicyclic) bond motifs is 1. The third-order valence-corrected chi connectivity index (χ3v) is 7.19. The predicted octanol–water partition coefficient (Wildman–Crippen LogP) is -0.435. The Morgan fingerprint density at radius 3 is 2.75 bits per heavy atom. The van der Waals surface area contributed by atoms with E-state index < -0.39 is 55.2 Å². The van der Waals surface area contributed by atoms with Gasteiger partial charge in [0.2, 0.25) is 12.2 Å². The van der Waals surface area contributed by atoms with E-state index in [9.17, 15) is 24.9 Å². The first-order valence-corrected chi connectivity index (χ1v) is 11.5. The van der Waals surface area contributed by atoms with Gasteiger partial charge in [-0.25, -0.2) is 9.78 Å². The molecule has 32 heavy (non-hydrogen) atoms. The van der Waals surface area contributed by atoms with Crippen LogP contribution in [0, 0.1) is 0 Å². The van der Waals surface area contributed by atoms with Crippen LogP contribution in [0.3, 0.4) is 0 Å². The molecule has 1 saturated heterocycles. The minimum atomic E-state index is -1.41. The van der Waals surface area contributed by atoms with Gasteiger partial charge in [0.25, 0.3) is 0 Å². The van der Waals surface area contributed by atoms with Crippen molar-refractivity contribution in [1.29, 1.82) is 0 Å². The lowest BCUT2D eigenvalue weighted by Gasteiger charge is -2.42. The number of aliphatic hydroxyl groups excluding tert-OH is 3. The summed E-state index contributed by atoms with van der Waals surface area (Å²) in [6, 6.07) is 3.20. The van der Waals surface area contributed by atoms with E-state index in [1.54, 1.807) is 18.2 Å². The second-order valence-electron chi connectivity index (χ2n) is 7.30. The maximum absolute atomic E-state index is 11.6. The Balaban J connectivity index is 1.57. The number of carbonyl (C=O) groups is 2. The minimum absolute atomic E-state index is 0.359. The van der Waals surface area contributed by atoms with Crippen LogP contribution in [0.1, 0.15) is 11.9 Å². The molecule has 1 aromatic heterocycles. The Morgan fingerprint density at radius 1 is 1.31 bits per heavy atom. The normalized spacial score (nSPS) is 30.2. The third-order valence-electron chi connectivity index (χ3n) is 4.98. The molecule has 0 aliphatic carbocycles. The molecule has 1 amide bonds. The molecule has 0 radical (unpaired) electrons. The van der Waals surface area contributed by atoms with Crippen LogP contribution in [-0.2, 0) is 14.3 Å². The van der Waals surface area contributed by atoms with Crippen molar-refractivity contribution < 1.29 is 39.5 Å². The van der Waals surface area contributed by atoms with Crippen LogP contribution < -0.4 is 10.1 Å². The molecule has 2 aromatic rings. The predicted molar refractivity (Wildman–Crippen MR) is 116 cm³/mol. The number of amides is 1. The summed E-state index contributed by atoms with van der Waals surface area (Å²) >= 11 is 2.67. The van der Waals surface area contributed by atoms with Gasteiger partial charge < -0.3 is 35.2 Å². The summed E-state index contributed by atoms with van der Waals surface area (Å²) in [4.78, 5) is 31.4. The number of nitrogens with zero attached hydrogens (tertiary/aromatic N) is 2. The smallest absolute Gasteiger partial charge is 0.329 e. The average Bonchev–Trinajstić information content (AvgIpc) is 3.40. The van der Waals surface area contributed by atoms with Gasteiger partial charge in [-0.05, 0) is 18.2 Å². The van der Waals surface area contributed by atoms with Gasteiger partial charge in [0.15, 0.2) is 6.04 Å². The van der Waals surface area contributed by atoms with Gasteiger partial charge in [0.1, 0.15) is 40.2 Å². The zero-order valence-electron chi connectivity index (χ0n) is 16.7. The number of carboxylic acid groups (broad SMARTS) is 1. The van der Waals surface area contributed by atoms with Crippen LogP contribution in [0.5, 0.6) is 5.75 Å². The second-order valence-corrected chi connectivity index (χ2v) is 9.34. The molecule has 0 bridgehead atoms. The van der Waals surface area contributed by atoms with Gasteiger partial charge in [0, 0.05) is 12.7 Å². The van der Waals surface area contributed by atoms with Gasteiger partial charge in [-0.15, -0.1) is 23.1 Å². The van der Waals surface area contributed by atoms with E-state index in [4.69, 9.17) is 14.6 Å². The molecule has 0 spiro atoms. The molecule has 0 unspecified atom stereocenters. The highest BCUT2D eigenvalue weighted by atomic mass is 32.2. The van der Waals surface area contributed by atoms with Crippen molar-refractivity contribution in [3.63, 3.8) is 0 Å². The van der Waals surface area contributed by atoms with E-state index in [1.807, 2.05) is 0 Å². The summed E-state index contributed by atoms with van der Waals surface area (Å²) in [5.41, 5.74) is 0.672. The Kier molecular flexibility index (Phi) is 6.65. The van der Waals surface area contributed by atoms with E-state index in [2.05, 4.69) is 15.3 Å². The summed E-state index contributed by atoms with van der Waals surface area (Å²) in [6.07, 6.45) is -5.06. The number of aliphatic carboxylic acids is 1. The number of aromatic nitrogens is 1. The number of nitrogens with one attached hydrogen (secondary N) is 1. The van der Waals surface area contributed by atoms with E-state index >= 15 is 0 Å². The van der Waals surface area contributed by atoms with Crippen molar-refractivity contribution in [1.82, 2.24) is 10.3 Å². The molecule has 2 aliphatic rings. The molecule has 3 heterocycles. The number of hydrogen-bond donors (Lipinski definition) is 5. The summed E-state index contributed by atoms with van der Waals surface area (Å²) in [5, 5.41) is 42.7. The number of benzene rings is 1. The third kappa shape index (κ3) is 4.58. The molecule has 172 valence electrons. The van der Waals surface area contributed by atoms with E-state index in [1.165, 1.54) is 30.0 Å². The van der Waals surface area contributed by atoms with Gasteiger partial charge >= 0.3 is 5.97 Å². The molecule has 11 nitrogen and oxygen atoms in total. The van der Waals surface area contributed by atoms with Crippen molar-refractivity contribution in [2.75, 3.05) is 12.4 Å². The van der Waals surface area contributed by atoms with E-state index in [0.29, 0.717) is 27.1 Å². The number of carboxylic acids is 1. The zero-order chi connectivity index (χ0) is 23.0. The number of carbonyl (C=O) groups excluding carboxylic acids is 1. The van der Waals surface area contributed by atoms with Gasteiger partial charge in [-0.3, -0.25) is 9.79 Å². The molecule has 5 N–H and O–H groups in total. The largest absolute Gasteiger partial charge is 0.480 e. The second kappa shape index (κ2) is 9.29. The lowest BCUT2D eigenvalue weighted by molar-refractivity contribution is -0.244. The number of rotatable bonds is 6. The SMILES string of the molecule is CC(=O)N[C@H]1[C@H](Oc2ccc3nc(C4=N[C@@H](C(=O)O)CS4)sc3c2)O[C@H](CO)[C@H](O)[C@@H]1O. The first-order chi connectivity index (χ1) is 15.3. The Labute approximate surface area is 190 Å². The summed E-state index contributed by atoms with van der Waals surface area (Å²) in [6.45, 7) is 0.719. The minimum Gasteiger partial charge on any atom is -0.480 e. The fourth-order valence-corrected chi connectivity index (χ4v) is 5.48. The Hall–Kier alpha value is -2.29. The summed E-state index contributed by atoms with van der Waals surface area (Å²) in [7, 11) is 0. The topological polar surface area (TPSA) is 171 Å².